The smallest absolute Gasteiger partial charge is 0.320 e. The van der Waals surface area contributed by atoms with Crippen LogP contribution in [0.4, 0.5) is 10.7 Å². The van der Waals surface area contributed by atoms with Crippen LogP contribution in [0.2, 0.25) is 0 Å². The van der Waals surface area contributed by atoms with Crippen LogP contribution in [0.1, 0.15) is 24.4 Å². The topological polar surface area (TPSA) is 92.1 Å². The number of rotatable bonds is 6. The first-order chi connectivity index (χ1) is 21.6. The van der Waals surface area contributed by atoms with E-state index in [1.807, 2.05) is 52.5 Å². The molecule has 2 amide bonds. The molecule has 4 aromatic rings. The quantitative estimate of drug-likeness (QED) is 0.331. The van der Waals surface area contributed by atoms with Crippen molar-refractivity contribution < 1.29 is 14.3 Å². The van der Waals surface area contributed by atoms with Crippen molar-refractivity contribution >= 4 is 23.1 Å². The van der Waals surface area contributed by atoms with E-state index in [4.69, 9.17) is 24.4 Å². The molecule has 3 aliphatic heterocycles. The summed E-state index contributed by atoms with van der Waals surface area (Å²) in [6, 6.07) is 18.6. The van der Waals surface area contributed by atoms with Gasteiger partial charge in [-0.25, -0.2) is 14.8 Å². The third-order valence-electron chi connectivity index (χ3n) is 8.96. The fourth-order valence-corrected chi connectivity index (χ4v) is 6.29. The monoisotopic (exact) mass is 596 g/mol. The lowest BCUT2D eigenvalue weighted by Crippen LogP contribution is -2.53. The Labute approximate surface area is 258 Å². The number of piperazine rings is 1. The minimum Gasteiger partial charge on any atom is -0.489 e. The first-order valence-corrected chi connectivity index (χ1v) is 15.7. The summed E-state index contributed by atoms with van der Waals surface area (Å²) >= 11 is 0. The molecule has 3 aliphatic rings. The van der Waals surface area contributed by atoms with Gasteiger partial charge in [-0.2, -0.15) is 4.98 Å². The van der Waals surface area contributed by atoms with Crippen molar-refractivity contribution in [2.75, 3.05) is 77.5 Å². The summed E-state index contributed by atoms with van der Waals surface area (Å²) in [5.41, 5.74) is 4.46. The van der Waals surface area contributed by atoms with Crippen LogP contribution in [-0.4, -0.2) is 113 Å². The van der Waals surface area contributed by atoms with Crippen LogP contribution in [0.25, 0.3) is 22.4 Å². The molecule has 11 nitrogen and oxygen atoms in total. The number of urea groups is 1. The summed E-state index contributed by atoms with van der Waals surface area (Å²) in [6.45, 7) is 8.18. The molecule has 0 bridgehead atoms. The Morgan fingerprint density at radius 2 is 1.64 bits per heavy atom. The zero-order valence-corrected chi connectivity index (χ0v) is 25.3. The summed E-state index contributed by atoms with van der Waals surface area (Å²) in [4.78, 5) is 36.7. The van der Waals surface area contributed by atoms with E-state index < -0.39 is 0 Å². The molecule has 0 radical (unpaired) electrons. The zero-order valence-electron chi connectivity index (χ0n) is 25.3. The van der Waals surface area contributed by atoms with Crippen LogP contribution in [0, 0.1) is 0 Å². The van der Waals surface area contributed by atoms with Crippen LogP contribution < -0.4 is 9.64 Å². The number of anilines is 1. The molecule has 5 heterocycles. The van der Waals surface area contributed by atoms with Gasteiger partial charge >= 0.3 is 6.03 Å². The summed E-state index contributed by atoms with van der Waals surface area (Å²) < 4.78 is 14.0. The van der Waals surface area contributed by atoms with Crippen molar-refractivity contribution in [1.29, 1.82) is 0 Å². The highest BCUT2D eigenvalue weighted by Gasteiger charge is 2.30. The predicted octanol–water partition coefficient (Wildman–Crippen LogP) is 3.91. The number of amides is 2. The Morgan fingerprint density at radius 1 is 0.886 bits per heavy atom. The second-order valence-electron chi connectivity index (χ2n) is 11.9. The Morgan fingerprint density at radius 3 is 2.41 bits per heavy atom. The number of carbonyl (C=O) groups excluding carboxylic acids is 1. The minimum atomic E-state index is 0.167. The number of hydrogen-bond donors (Lipinski definition) is 0. The molecule has 0 saturated carbocycles. The van der Waals surface area contributed by atoms with Gasteiger partial charge in [0.05, 0.1) is 19.5 Å². The van der Waals surface area contributed by atoms with Crippen molar-refractivity contribution in [3.63, 3.8) is 0 Å². The number of imidazole rings is 1. The molecule has 7 rings (SSSR count). The van der Waals surface area contributed by atoms with Crippen molar-refractivity contribution in [2.45, 2.75) is 25.5 Å². The Hall–Kier alpha value is -4.22. The number of morpholine rings is 1. The Balaban J connectivity index is 1.15. The lowest BCUT2D eigenvalue weighted by molar-refractivity contribution is 0.109. The minimum absolute atomic E-state index is 0.167. The molecule has 2 aromatic heterocycles. The standard InChI is InChI=1S/C33H40N8O3/c1-37-14-16-40(17-15-37)33(42)39-12-10-27(11-13-39)41-24-34-30-29(35-32(36-31(30)41)38-18-20-43-21-19-38)26-8-5-9-28(22-26)44-23-25-6-3-2-4-7-25/h2-9,22,24,27H,10-21,23H2,1H3. The molecule has 0 aliphatic carbocycles. The molecule has 3 fully saturated rings. The maximum absolute atomic E-state index is 13.2. The maximum atomic E-state index is 13.2. The first kappa shape index (κ1) is 28.5. The fourth-order valence-electron chi connectivity index (χ4n) is 6.29. The van der Waals surface area contributed by atoms with Crippen molar-refractivity contribution in [3.8, 4) is 17.0 Å². The zero-order chi connectivity index (χ0) is 29.9. The van der Waals surface area contributed by atoms with Crippen LogP contribution in [0.5, 0.6) is 5.75 Å². The molecule has 0 N–H and O–H groups in total. The van der Waals surface area contributed by atoms with E-state index in [-0.39, 0.29) is 12.1 Å². The second kappa shape index (κ2) is 12.8. The van der Waals surface area contributed by atoms with Crippen LogP contribution in [-0.2, 0) is 11.3 Å². The third kappa shape index (κ3) is 6.07. The average molecular weight is 597 g/mol. The SMILES string of the molecule is CN1CCN(C(=O)N2CCC(n3cnc4c(-c5cccc(OCc6ccccc6)c5)nc(N5CCOCC5)nc43)CC2)CC1. The van der Waals surface area contributed by atoms with Gasteiger partial charge in [-0.05, 0) is 37.6 Å². The molecule has 3 saturated heterocycles. The van der Waals surface area contributed by atoms with Gasteiger partial charge in [0, 0.05) is 64.0 Å². The highest BCUT2D eigenvalue weighted by molar-refractivity contribution is 5.89. The molecular formula is C33H40N8O3. The summed E-state index contributed by atoms with van der Waals surface area (Å²) in [5, 5.41) is 0. The van der Waals surface area contributed by atoms with Gasteiger partial charge in [0.2, 0.25) is 5.95 Å². The number of ether oxygens (including phenoxy) is 2. The number of hydrogen-bond acceptors (Lipinski definition) is 8. The van der Waals surface area contributed by atoms with Gasteiger partial charge in [0.1, 0.15) is 23.6 Å². The first-order valence-electron chi connectivity index (χ1n) is 15.7. The number of likely N-dealkylation sites (tertiary alicyclic amines) is 1. The van der Waals surface area contributed by atoms with Gasteiger partial charge in [0.25, 0.3) is 0 Å². The molecule has 11 heteroatoms. The van der Waals surface area contributed by atoms with Gasteiger partial charge in [0.15, 0.2) is 5.65 Å². The molecule has 0 spiro atoms. The van der Waals surface area contributed by atoms with Gasteiger partial charge in [-0.15, -0.1) is 0 Å². The lowest BCUT2D eigenvalue weighted by Gasteiger charge is -2.39. The van der Waals surface area contributed by atoms with E-state index in [1.165, 1.54) is 0 Å². The van der Waals surface area contributed by atoms with E-state index in [1.54, 1.807) is 0 Å². The highest BCUT2D eigenvalue weighted by atomic mass is 16.5. The normalized spacial score (nSPS) is 18.6. The largest absolute Gasteiger partial charge is 0.489 e. The Kier molecular flexibility index (Phi) is 8.30. The number of fused-ring (bicyclic) bond motifs is 1. The maximum Gasteiger partial charge on any atom is 0.320 e. The van der Waals surface area contributed by atoms with Crippen molar-refractivity contribution in [1.82, 2.24) is 34.2 Å². The van der Waals surface area contributed by atoms with Gasteiger partial charge in [-0.1, -0.05) is 42.5 Å². The molecule has 2 aromatic carbocycles. The predicted molar refractivity (Wildman–Crippen MR) is 169 cm³/mol. The number of carbonyl (C=O) groups is 1. The van der Waals surface area contributed by atoms with E-state index in [9.17, 15) is 4.79 Å². The number of aromatic nitrogens is 4. The van der Waals surface area contributed by atoms with E-state index in [0.29, 0.717) is 25.8 Å². The highest BCUT2D eigenvalue weighted by Crippen LogP contribution is 2.33. The van der Waals surface area contributed by atoms with Gasteiger partial charge < -0.3 is 33.6 Å². The molecule has 0 unspecified atom stereocenters. The second-order valence-corrected chi connectivity index (χ2v) is 11.9. The lowest BCUT2D eigenvalue weighted by atomic mass is 10.0. The average Bonchev–Trinajstić information content (AvgIpc) is 3.52. The van der Waals surface area contributed by atoms with Gasteiger partial charge in [-0.3, -0.25) is 0 Å². The number of likely N-dealkylation sites (N-methyl/N-ethyl adjacent to an activating group) is 1. The number of benzene rings is 2. The van der Waals surface area contributed by atoms with Crippen molar-refractivity contribution in [3.05, 3.63) is 66.5 Å². The van der Waals surface area contributed by atoms with E-state index >= 15 is 0 Å². The van der Waals surface area contributed by atoms with Crippen LogP contribution in [0.15, 0.2) is 60.9 Å². The third-order valence-corrected chi connectivity index (χ3v) is 8.96. The number of piperidine rings is 1. The summed E-state index contributed by atoms with van der Waals surface area (Å²) in [5.74, 6) is 1.47. The molecule has 44 heavy (non-hydrogen) atoms. The van der Waals surface area contributed by atoms with E-state index in [2.05, 4.69) is 39.6 Å². The molecular weight excluding hydrogens is 556 g/mol. The molecule has 230 valence electrons. The van der Waals surface area contributed by atoms with E-state index in [0.717, 1.165) is 98.9 Å². The fraction of sp³-hybridized carbons (Fsp3) is 0.455. The Bertz CT molecular complexity index is 1570. The number of nitrogens with zero attached hydrogens (tertiary/aromatic N) is 8. The van der Waals surface area contributed by atoms with Crippen molar-refractivity contribution in [2.24, 2.45) is 0 Å². The van der Waals surface area contributed by atoms with Crippen LogP contribution in [0.3, 0.4) is 0 Å². The summed E-state index contributed by atoms with van der Waals surface area (Å²) in [7, 11) is 2.11. The molecule has 0 atom stereocenters. The van der Waals surface area contributed by atoms with Crippen LogP contribution >= 0.6 is 0 Å². The summed E-state index contributed by atoms with van der Waals surface area (Å²) in [6.07, 6.45) is 3.63.